The third kappa shape index (κ3) is 2.04. The molecule has 0 radical (unpaired) electrons. The van der Waals surface area contributed by atoms with E-state index in [1.54, 1.807) is 12.1 Å². The Kier molecular flexibility index (Phi) is 3.19. The molecule has 2 aliphatic rings. The van der Waals surface area contributed by atoms with E-state index in [0.29, 0.717) is 0 Å². The molecule has 1 spiro atoms. The number of aromatic nitrogens is 2. The van der Waals surface area contributed by atoms with Gasteiger partial charge in [-0.05, 0) is 72.0 Å². The molecule has 1 fully saturated rings. The number of para-hydroxylation sites is 1. The van der Waals surface area contributed by atoms with Crippen LogP contribution in [0.25, 0.3) is 28.4 Å². The Morgan fingerprint density at radius 3 is 2.57 bits per heavy atom. The largest absolute Gasteiger partial charge is 0.294 e. The molecule has 0 atom stereocenters. The Bertz CT molecular complexity index is 1250. The van der Waals surface area contributed by atoms with Gasteiger partial charge in [-0.2, -0.15) is 0 Å². The van der Waals surface area contributed by atoms with E-state index < -0.39 is 0 Å². The van der Waals surface area contributed by atoms with Crippen molar-refractivity contribution < 1.29 is 4.39 Å². The highest BCUT2D eigenvalue weighted by Crippen LogP contribution is 2.58. The summed E-state index contributed by atoms with van der Waals surface area (Å²) in [6.07, 6.45) is 7.46. The molecule has 4 aromatic rings. The molecule has 0 saturated heterocycles. The molecule has 2 nitrogen and oxygen atoms in total. The van der Waals surface area contributed by atoms with Crippen LogP contribution in [0.2, 0.25) is 0 Å². The van der Waals surface area contributed by atoms with Crippen molar-refractivity contribution in [3.63, 3.8) is 0 Å². The number of fused-ring (bicyclic) bond motifs is 3. The van der Waals surface area contributed by atoms with Crippen molar-refractivity contribution >= 4 is 22.6 Å². The minimum Gasteiger partial charge on any atom is -0.294 e. The topological polar surface area (TPSA) is 17.8 Å². The van der Waals surface area contributed by atoms with Crippen molar-refractivity contribution in [1.29, 1.82) is 0 Å². The van der Waals surface area contributed by atoms with Gasteiger partial charge >= 0.3 is 0 Å². The molecule has 3 heteroatoms. The van der Waals surface area contributed by atoms with Crippen LogP contribution >= 0.6 is 0 Å². The van der Waals surface area contributed by atoms with Crippen molar-refractivity contribution in [2.75, 3.05) is 0 Å². The minimum absolute atomic E-state index is 0.00391. The lowest BCUT2D eigenvalue weighted by molar-refractivity contribution is 0.330. The smallest absolute Gasteiger partial charge is 0.137 e. The molecule has 28 heavy (non-hydrogen) atoms. The molecule has 2 aromatic carbocycles. The Balaban J connectivity index is 1.65. The van der Waals surface area contributed by atoms with Gasteiger partial charge in [0.05, 0.1) is 11.2 Å². The van der Waals surface area contributed by atoms with Gasteiger partial charge in [-0.3, -0.25) is 4.57 Å². The number of halogens is 1. The Hall–Kier alpha value is -3.20. The molecule has 2 aliphatic carbocycles. The average molecular weight is 366 g/mol. The highest BCUT2D eigenvalue weighted by atomic mass is 19.1. The lowest BCUT2D eigenvalue weighted by atomic mass is 9.61. The van der Waals surface area contributed by atoms with Gasteiger partial charge in [-0.15, -0.1) is 0 Å². The monoisotopic (exact) mass is 366 g/mol. The van der Waals surface area contributed by atoms with Gasteiger partial charge in [0.25, 0.3) is 0 Å². The van der Waals surface area contributed by atoms with Crippen LogP contribution in [-0.4, -0.2) is 9.55 Å². The second-order valence-corrected chi connectivity index (χ2v) is 7.84. The quantitative estimate of drug-likeness (QED) is 0.417. The van der Waals surface area contributed by atoms with Gasteiger partial charge in [-0.25, -0.2) is 9.37 Å². The molecule has 0 unspecified atom stereocenters. The Labute approximate surface area is 163 Å². The fraction of sp³-hybridized carbons (Fsp3) is 0.160. The third-order valence-corrected chi connectivity index (χ3v) is 6.42. The van der Waals surface area contributed by atoms with Crippen LogP contribution in [-0.2, 0) is 5.41 Å². The molecule has 0 N–H and O–H groups in total. The molecule has 136 valence electrons. The zero-order valence-electron chi connectivity index (χ0n) is 15.4. The van der Waals surface area contributed by atoms with Crippen LogP contribution in [0.1, 0.15) is 36.1 Å². The highest BCUT2D eigenvalue weighted by Gasteiger charge is 2.47. The molecular weight excluding hydrogens is 347 g/mol. The van der Waals surface area contributed by atoms with Gasteiger partial charge < -0.3 is 0 Å². The summed E-state index contributed by atoms with van der Waals surface area (Å²) >= 11 is 0. The van der Waals surface area contributed by atoms with E-state index in [2.05, 4.69) is 46.0 Å². The summed E-state index contributed by atoms with van der Waals surface area (Å²) in [4.78, 5) is 4.63. The third-order valence-electron chi connectivity index (χ3n) is 6.42. The summed E-state index contributed by atoms with van der Waals surface area (Å²) < 4.78 is 16.2. The van der Waals surface area contributed by atoms with Gasteiger partial charge in [0.15, 0.2) is 0 Å². The molecule has 2 aromatic heterocycles. The number of nitrogens with zero attached hydrogens (tertiary/aromatic N) is 2. The van der Waals surface area contributed by atoms with Crippen LogP contribution in [0, 0.1) is 5.82 Å². The fourth-order valence-corrected chi connectivity index (χ4v) is 5.00. The molecule has 0 aliphatic heterocycles. The summed E-state index contributed by atoms with van der Waals surface area (Å²) in [6, 6.07) is 22.0. The van der Waals surface area contributed by atoms with E-state index >= 15 is 0 Å². The first-order chi connectivity index (χ1) is 13.8. The maximum absolute atomic E-state index is 13.9. The number of rotatable bonds is 2. The maximum atomic E-state index is 13.9. The zero-order valence-corrected chi connectivity index (χ0v) is 15.4. The van der Waals surface area contributed by atoms with Crippen LogP contribution in [0.3, 0.4) is 0 Å². The van der Waals surface area contributed by atoms with Crippen LogP contribution in [0.15, 0.2) is 72.9 Å². The standard InChI is InChI=1S/C25H19FN2/c26-19-9-10-20-18(14-19)15-21(25(20)11-5-12-25)23-16-17-6-1-2-7-22(17)28(23)24-8-3-4-13-27-24/h1-4,6-10,13-16H,5,11-12H2. The van der Waals surface area contributed by atoms with Gasteiger partial charge in [0, 0.05) is 17.0 Å². The van der Waals surface area contributed by atoms with Crippen molar-refractivity contribution in [2.45, 2.75) is 24.7 Å². The van der Waals surface area contributed by atoms with Crippen LogP contribution in [0.4, 0.5) is 4.39 Å². The van der Waals surface area contributed by atoms with E-state index in [-0.39, 0.29) is 11.2 Å². The first kappa shape index (κ1) is 15.8. The van der Waals surface area contributed by atoms with Crippen molar-refractivity contribution in [2.24, 2.45) is 0 Å². The van der Waals surface area contributed by atoms with Crippen LogP contribution in [0.5, 0.6) is 0 Å². The van der Waals surface area contributed by atoms with Crippen molar-refractivity contribution in [3.05, 3.63) is 95.6 Å². The summed E-state index contributed by atoms with van der Waals surface area (Å²) in [7, 11) is 0. The Morgan fingerprint density at radius 2 is 1.79 bits per heavy atom. The lowest BCUT2D eigenvalue weighted by Gasteiger charge is -2.42. The number of hydrogen-bond acceptors (Lipinski definition) is 1. The summed E-state index contributed by atoms with van der Waals surface area (Å²) in [5.74, 6) is 0.743. The fourth-order valence-electron chi connectivity index (χ4n) is 5.00. The SMILES string of the molecule is Fc1ccc2c(c1)C=C(c1cc3ccccc3n1-c1ccccn1)C21CCC1. The van der Waals surface area contributed by atoms with E-state index in [1.165, 1.54) is 22.9 Å². The van der Waals surface area contributed by atoms with Gasteiger partial charge in [0.2, 0.25) is 0 Å². The predicted octanol–water partition coefficient (Wildman–Crippen LogP) is 6.14. The molecule has 1 saturated carbocycles. The molecular formula is C25H19FN2. The average Bonchev–Trinajstić information content (AvgIpc) is 3.23. The van der Waals surface area contributed by atoms with E-state index in [1.807, 2.05) is 30.5 Å². The normalized spacial score (nSPS) is 16.8. The number of hydrogen-bond donors (Lipinski definition) is 0. The summed E-state index contributed by atoms with van der Waals surface area (Å²) in [5, 5.41) is 1.20. The minimum atomic E-state index is -0.170. The predicted molar refractivity (Wildman–Crippen MR) is 111 cm³/mol. The molecule has 2 heterocycles. The molecule has 6 rings (SSSR count). The first-order valence-electron chi connectivity index (χ1n) is 9.81. The van der Waals surface area contributed by atoms with Crippen molar-refractivity contribution in [1.82, 2.24) is 9.55 Å². The summed E-state index contributed by atoms with van der Waals surface area (Å²) in [6.45, 7) is 0. The second-order valence-electron chi connectivity index (χ2n) is 7.84. The molecule has 0 amide bonds. The highest BCUT2D eigenvalue weighted by molar-refractivity contribution is 5.98. The van der Waals surface area contributed by atoms with Gasteiger partial charge in [0.1, 0.15) is 11.6 Å². The van der Waals surface area contributed by atoms with E-state index in [9.17, 15) is 4.39 Å². The first-order valence-corrected chi connectivity index (χ1v) is 9.81. The van der Waals surface area contributed by atoms with Gasteiger partial charge in [-0.1, -0.05) is 36.8 Å². The molecule has 0 bridgehead atoms. The Morgan fingerprint density at radius 1 is 0.929 bits per heavy atom. The van der Waals surface area contributed by atoms with E-state index in [0.717, 1.165) is 35.4 Å². The van der Waals surface area contributed by atoms with Crippen LogP contribution < -0.4 is 0 Å². The number of benzene rings is 2. The van der Waals surface area contributed by atoms with E-state index in [4.69, 9.17) is 0 Å². The summed E-state index contributed by atoms with van der Waals surface area (Å²) in [5.41, 5.74) is 5.90. The maximum Gasteiger partial charge on any atom is 0.137 e. The van der Waals surface area contributed by atoms with Crippen molar-refractivity contribution in [3.8, 4) is 5.82 Å². The second kappa shape index (κ2) is 5.65. The lowest BCUT2D eigenvalue weighted by Crippen LogP contribution is -2.34. The number of allylic oxidation sites excluding steroid dienone is 1. The number of pyridine rings is 1. The zero-order chi connectivity index (χ0) is 18.7.